The van der Waals surface area contributed by atoms with Crippen molar-refractivity contribution in [3.05, 3.63) is 24.2 Å². The van der Waals surface area contributed by atoms with Crippen LogP contribution in [-0.2, 0) is 23.8 Å². The number of epoxide rings is 1. The van der Waals surface area contributed by atoms with Crippen LogP contribution in [0.1, 0.15) is 51.2 Å². The number of esters is 2. The van der Waals surface area contributed by atoms with Crippen molar-refractivity contribution >= 4 is 11.9 Å². The molecule has 4 aliphatic heterocycles. The summed E-state index contributed by atoms with van der Waals surface area (Å²) >= 11 is 0. The fourth-order valence-corrected chi connectivity index (χ4v) is 6.84. The van der Waals surface area contributed by atoms with Crippen LogP contribution in [0.4, 0.5) is 0 Å². The lowest BCUT2D eigenvalue weighted by molar-refractivity contribution is -0.219. The Morgan fingerprint density at radius 2 is 2.04 bits per heavy atom. The molecule has 6 fully saturated rings. The lowest BCUT2D eigenvalue weighted by Gasteiger charge is -2.60. The van der Waals surface area contributed by atoms with E-state index in [-0.39, 0.29) is 42.1 Å². The van der Waals surface area contributed by atoms with E-state index in [4.69, 9.17) is 18.6 Å². The minimum atomic E-state index is -0.719. The van der Waals surface area contributed by atoms with E-state index in [0.717, 1.165) is 18.4 Å². The third-order valence-corrected chi connectivity index (χ3v) is 8.31. The minimum Gasteiger partial charge on any atom is -0.472 e. The molecule has 6 nitrogen and oxygen atoms in total. The van der Waals surface area contributed by atoms with Gasteiger partial charge < -0.3 is 18.6 Å². The third-order valence-electron chi connectivity index (χ3n) is 8.31. The summed E-state index contributed by atoms with van der Waals surface area (Å²) in [5.74, 6) is -0.254. The molecular weight excluding hydrogens is 336 g/mol. The molecule has 26 heavy (non-hydrogen) atoms. The van der Waals surface area contributed by atoms with Gasteiger partial charge in [0, 0.05) is 12.0 Å². The van der Waals surface area contributed by atoms with Crippen molar-refractivity contribution in [2.24, 2.45) is 22.7 Å². The van der Waals surface area contributed by atoms with E-state index in [9.17, 15) is 9.59 Å². The van der Waals surface area contributed by atoms with Gasteiger partial charge in [0.05, 0.1) is 17.9 Å². The molecule has 4 saturated heterocycles. The number of cyclic esters (lactones) is 1. The van der Waals surface area contributed by atoms with Crippen molar-refractivity contribution in [2.75, 3.05) is 0 Å². The zero-order chi connectivity index (χ0) is 17.9. The maximum absolute atomic E-state index is 13.3. The summed E-state index contributed by atoms with van der Waals surface area (Å²) in [6.45, 7) is 4.17. The first kappa shape index (κ1) is 15.3. The Balaban J connectivity index is 1.48. The predicted molar refractivity (Wildman–Crippen MR) is 86.7 cm³/mol. The predicted octanol–water partition coefficient (Wildman–Crippen LogP) is 2.77. The molecule has 6 aliphatic rings. The van der Waals surface area contributed by atoms with Gasteiger partial charge in [-0.2, -0.15) is 0 Å². The van der Waals surface area contributed by atoms with Gasteiger partial charge in [-0.1, -0.05) is 6.92 Å². The molecular formula is C20H22O6. The van der Waals surface area contributed by atoms with Gasteiger partial charge in [-0.05, 0) is 44.1 Å². The highest BCUT2D eigenvalue weighted by Crippen LogP contribution is 2.75. The number of rotatable bonds is 1. The van der Waals surface area contributed by atoms with Crippen LogP contribution in [-0.4, -0.2) is 29.7 Å². The van der Waals surface area contributed by atoms with Gasteiger partial charge in [0.1, 0.15) is 29.3 Å². The molecule has 7 rings (SSSR count). The number of fused-ring (bicyclic) bond motifs is 1. The standard InChI is InChI=1S/C20H22O6/c1-10-3-5-20-14(7-12(24-17(20)22)15-18(20,2)26-15)19(10)8-13(25-16(19)21)11-4-6-23-9-11/h4,6,9-10,12-15H,3,5,7-8H2,1-2H3/t10-,12-,13-,14+,15+,18+,19-,20-/m0/s1. The van der Waals surface area contributed by atoms with Gasteiger partial charge in [-0.3, -0.25) is 9.59 Å². The Morgan fingerprint density at radius 1 is 1.19 bits per heavy atom. The van der Waals surface area contributed by atoms with Crippen molar-refractivity contribution in [3.8, 4) is 0 Å². The van der Waals surface area contributed by atoms with Crippen molar-refractivity contribution in [2.45, 2.75) is 63.4 Å². The highest BCUT2D eigenvalue weighted by molar-refractivity contribution is 5.87. The topological polar surface area (TPSA) is 78.3 Å². The molecule has 1 aromatic rings. The van der Waals surface area contributed by atoms with Gasteiger partial charge in [0.15, 0.2) is 0 Å². The minimum absolute atomic E-state index is 0.0102. The lowest BCUT2D eigenvalue weighted by Crippen LogP contribution is -2.69. The van der Waals surface area contributed by atoms with Crippen LogP contribution in [0.2, 0.25) is 0 Å². The van der Waals surface area contributed by atoms with Crippen LogP contribution in [0, 0.1) is 22.7 Å². The Bertz CT molecular complexity index is 816. The van der Waals surface area contributed by atoms with Crippen molar-refractivity contribution in [3.63, 3.8) is 0 Å². The van der Waals surface area contributed by atoms with Crippen molar-refractivity contribution in [1.29, 1.82) is 0 Å². The first-order valence-electron chi connectivity index (χ1n) is 9.55. The number of carbonyl (C=O) groups is 2. The Hall–Kier alpha value is -1.82. The zero-order valence-electron chi connectivity index (χ0n) is 14.9. The normalized spacial score (nSPS) is 53.8. The molecule has 0 N–H and O–H groups in total. The summed E-state index contributed by atoms with van der Waals surface area (Å²) < 4.78 is 22.8. The lowest BCUT2D eigenvalue weighted by atomic mass is 9.42. The van der Waals surface area contributed by atoms with E-state index >= 15 is 0 Å². The quantitative estimate of drug-likeness (QED) is 0.567. The van der Waals surface area contributed by atoms with Crippen LogP contribution in [0.3, 0.4) is 0 Å². The van der Waals surface area contributed by atoms with Crippen LogP contribution in [0.15, 0.2) is 23.0 Å². The number of ether oxygens (including phenoxy) is 3. The monoisotopic (exact) mass is 358 g/mol. The maximum atomic E-state index is 13.3. The first-order chi connectivity index (χ1) is 12.4. The number of furan rings is 1. The molecule has 8 atom stereocenters. The van der Waals surface area contributed by atoms with E-state index in [1.165, 1.54) is 0 Å². The molecule has 5 heterocycles. The van der Waals surface area contributed by atoms with Crippen LogP contribution in [0.5, 0.6) is 0 Å². The SMILES string of the molecule is C[C@H]1CC[C@@]23C(=O)O[C@@H](C[C@@H]2[C@]12C[C@@H](c1ccoc1)OC2=O)[C@H]1O[C@]13C. The Labute approximate surface area is 151 Å². The summed E-state index contributed by atoms with van der Waals surface area (Å²) in [6, 6.07) is 1.85. The molecule has 2 saturated carbocycles. The van der Waals surface area contributed by atoms with E-state index in [1.807, 2.05) is 13.0 Å². The fraction of sp³-hybridized carbons (Fsp3) is 0.700. The smallest absolute Gasteiger partial charge is 0.315 e. The molecule has 0 amide bonds. The van der Waals surface area contributed by atoms with Crippen molar-refractivity contribution < 1.29 is 28.2 Å². The zero-order valence-corrected chi connectivity index (χ0v) is 14.9. The van der Waals surface area contributed by atoms with E-state index in [1.54, 1.807) is 12.5 Å². The van der Waals surface area contributed by atoms with Gasteiger partial charge in [0.2, 0.25) is 0 Å². The summed E-state index contributed by atoms with van der Waals surface area (Å²) in [5, 5.41) is 0. The second-order valence-electron chi connectivity index (χ2n) is 8.98. The Kier molecular flexibility index (Phi) is 2.55. The maximum Gasteiger partial charge on any atom is 0.315 e. The average molecular weight is 358 g/mol. The van der Waals surface area contributed by atoms with Crippen LogP contribution < -0.4 is 0 Å². The molecule has 138 valence electrons. The summed E-state index contributed by atoms with van der Waals surface area (Å²) in [7, 11) is 0. The van der Waals surface area contributed by atoms with Gasteiger partial charge in [-0.25, -0.2) is 0 Å². The van der Waals surface area contributed by atoms with E-state index in [2.05, 4.69) is 6.92 Å². The fourth-order valence-electron chi connectivity index (χ4n) is 6.84. The number of hydrogen-bond acceptors (Lipinski definition) is 6. The second kappa shape index (κ2) is 4.35. The molecule has 2 bridgehead atoms. The summed E-state index contributed by atoms with van der Waals surface area (Å²) in [6.07, 6.45) is 5.51. The van der Waals surface area contributed by atoms with Gasteiger partial charge in [-0.15, -0.1) is 0 Å². The molecule has 2 spiro atoms. The molecule has 0 radical (unpaired) electrons. The highest BCUT2D eigenvalue weighted by atomic mass is 16.7. The second-order valence-corrected chi connectivity index (χ2v) is 8.98. The number of carbonyl (C=O) groups excluding carboxylic acids is 2. The summed E-state index contributed by atoms with van der Waals surface area (Å²) in [4.78, 5) is 26.3. The van der Waals surface area contributed by atoms with Gasteiger partial charge >= 0.3 is 11.9 Å². The van der Waals surface area contributed by atoms with Crippen molar-refractivity contribution in [1.82, 2.24) is 0 Å². The largest absolute Gasteiger partial charge is 0.472 e. The van der Waals surface area contributed by atoms with E-state index < -0.39 is 16.4 Å². The molecule has 0 aromatic carbocycles. The third kappa shape index (κ3) is 1.40. The molecule has 6 heteroatoms. The van der Waals surface area contributed by atoms with Crippen LogP contribution >= 0.6 is 0 Å². The van der Waals surface area contributed by atoms with E-state index in [0.29, 0.717) is 12.8 Å². The average Bonchev–Trinajstić information content (AvgIpc) is 2.96. The molecule has 1 aromatic heterocycles. The molecule has 0 unspecified atom stereocenters. The summed E-state index contributed by atoms with van der Waals surface area (Å²) in [5.41, 5.74) is -0.977. The first-order valence-corrected chi connectivity index (χ1v) is 9.55. The molecule has 2 aliphatic carbocycles. The van der Waals surface area contributed by atoms with Crippen LogP contribution in [0.25, 0.3) is 0 Å². The number of hydrogen-bond donors (Lipinski definition) is 0. The Morgan fingerprint density at radius 3 is 2.81 bits per heavy atom. The van der Waals surface area contributed by atoms with Gasteiger partial charge in [0.25, 0.3) is 0 Å². The highest BCUT2D eigenvalue weighted by Gasteiger charge is 2.85.